The Balaban J connectivity index is 1.66. The van der Waals surface area contributed by atoms with Gasteiger partial charge in [-0.15, -0.1) is 13.2 Å². The molecule has 40 heavy (non-hydrogen) atoms. The van der Waals surface area contributed by atoms with E-state index in [1.807, 2.05) is 0 Å². The third kappa shape index (κ3) is 7.05. The lowest BCUT2D eigenvalue weighted by Crippen LogP contribution is -2.32. The number of ether oxygens (including phenoxy) is 2. The van der Waals surface area contributed by atoms with Crippen molar-refractivity contribution in [3.63, 3.8) is 0 Å². The molecule has 3 aromatic rings. The Labute approximate surface area is 231 Å². The summed E-state index contributed by atoms with van der Waals surface area (Å²) >= 11 is 0. The van der Waals surface area contributed by atoms with Gasteiger partial charge in [0.2, 0.25) is 5.95 Å². The highest BCUT2D eigenvalue weighted by atomic mass is 19.4. The van der Waals surface area contributed by atoms with Crippen LogP contribution in [0.5, 0.6) is 5.75 Å². The third-order valence-electron chi connectivity index (χ3n) is 7.21. The molecule has 1 aliphatic rings. The monoisotopic (exact) mass is 560 g/mol. The number of nitrogens with one attached hydrogen (secondary N) is 1. The molecule has 1 aliphatic carbocycles. The van der Waals surface area contributed by atoms with E-state index in [1.165, 1.54) is 24.1 Å². The number of benzene rings is 2. The predicted molar refractivity (Wildman–Crippen MR) is 145 cm³/mol. The lowest BCUT2D eigenvalue weighted by molar-refractivity contribution is -0.274. The first-order chi connectivity index (χ1) is 18.7. The van der Waals surface area contributed by atoms with Gasteiger partial charge < -0.3 is 24.3 Å². The summed E-state index contributed by atoms with van der Waals surface area (Å²) in [6, 6.07) is 11.1. The maximum atomic E-state index is 13.1. The smallest absolute Gasteiger partial charge is 0.468 e. The summed E-state index contributed by atoms with van der Waals surface area (Å²) < 4.78 is 48.4. The molecule has 11 heteroatoms. The van der Waals surface area contributed by atoms with Gasteiger partial charge in [-0.3, -0.25) is 9.59 Å². The van der Waals surface area contributed by atoms with E-state index in [-0.39, 0.29) is 29.7 Å². The quantitative estimate of drug-likeness (QED) is 0.331. The molecule has 8 nitrogen and oxygen atoms in total. The summed E-state index contributed by atoms with van der Waals surface area (Å²) in [7, 11) is 2.82. The van der Waals surface area contributed by atoms with Gasteiger partial charge in [0.25, 0.3) is 5.91 Å². The molecule has 1 aromatic heterocycles. The molecule has 0 radical (unpaired) electrons. The van der Waals surface area contributed by atoms with Crippen LogP contribution in [0.1, 0.15) is 62.0 Å². The number of alkyl halides is 3. The number of rotatable bonds is 8. The normalized spacial score (nSPS) is 18.8. The molecular weight excluding hydrogens is 525 g/mol. The van der Waals surface area contributed by atoms with Crippen molar-refractivity contribution in [3.05, 3.63) is 53.6 Å². The summed E-state index contributed by atoms with van der Waals surface area (Å²) in [5.74, 6) is -0.00140. The summed E-state index contributed by atoms with van der Waals surface area (Å²) in [5.41, 5.74) is 2.79. The number of aromatic nitrogens is 2. The number of carbonyl (C=O) groups is 2. The molecule has 0 unspecified atom stereocenters. The van der Waals surface area contributed by atoms with Crippen molar-refractivity contribution in [1.82, 2.24) is 14.5 Å². The minimum absolute atomic E-state index is 0.110. The number of hydrogen-bond acceptors (Lipinski definition) is 6. The van der Waals surface area contributed by atoms with Gasteiger partial charge in [0, 0.05) is 25.2 Å². The molecule has 1 fully saturated rings. The molecule has 216 valence electrons. The molecular formula is C29H35F3N4O4. The van der Waals surface area contributed by atoms with E-state index < -0.39 is 12.3 Å². The van der Waals surface area contributed by atoms with E-state index in [9.17, 15) is 22.8 Å². The lowest BCUT2D eigenvalue weighted by Gasteiger charge is -2.40. The van der Waals surface area contributed by atoms with Crippen LogP contribution in [0, 0.1) is 11.3 Å². The summed E-state index contributed by atoms with van der Waals surface area (Å²) in [5, 5.41) is 3.36. The largest absolute Gasteiger partial charge is 0.573 e. The molecule has 4 rings (SSSR count). The minimum atomic E-state index is -4.75. The lowest BCUT2D eigenvalue weighted by atomic mass is 9.70. The maximum Gasteiger partial charge on any atom is 0.573 e. The molecule has 2 atom stereocenters. The summed E-state index contributed by atoms with van der Waals surface area (Å²) in [4.78, 5) is 30.9. The number of carbonyl (C=O) groups excluding carboxylic acids is 2. The van der Waals surface area contributed by atoms with Crippen molar-refractivity contribution in [2.45, 2.75) is 59.0 Å². The molecule has 1 amide bonds. The van der Waals surface area contributed by atoms with Crippen molar-refractivity contribution in [3.8, 4) is 5.75 Å². The van der Waals surface area contributed by atoms with Crippen LogP contribution in [-0.4, -0.2) is 53.4 Å². The molecule has 0 aliphatic heterocycles. The van der Waals surface area contributed by atoms with Crippen molar-refractivity contribution in [1.29, 1.82) is 0 Å². The topological polar surface area (TPSA) is 85.7 Å². The highest BCUT2D eigenvalue weighted by Crippen LogP contribution is 2.46. The number of esters is 1. The second-order valence-electron chi connectivity index (χ2n) is 11.4. The summed E-state index contributed by atoms with van der Waals surface area (Å²) in [6.07, 6.45) is -1.79. The number of methoxy groups -OCH3 is 1. The van der Waals surface area contributed by atoms with Crippen molar-refractivity contribution in [2.24, 2.45) is 11.3 Å². The number of likely N-dealkylation sites (N-methyl/N-ethyl adjacent to an activating group) is 1. The second-order valence-corrected chi connectivity index (χ2v) is 11.4. The second kappa shape index (κ2) is 11.4. The van der Waals surface area contributed by atoms with Crippen molar-refractivity contribution >= 4 is 28.9 Å². The Morgan fingerprint density at radius 2 is 1.85 bits per heavy atom. The Morgan fingerprint density at radius 1 is 1.15 bits per heavy atom. The number of amides is 1. The van der Waals surface area contributed by atoms with Crippen LogP contribution in [0.2, 0.25) is 0 Å². The maximum absolute atomic E-state index is 13.1. The van der Waals surface area contributed by atoms with Gasteiger partial charge in [0.1, 0.15) is 12.3 Å². The fraction of sp³-hybridized carbons (Fsp3) is 0.483. The number of hydrogen-bond donors (Lipinski definition) is 1. The van der Waals surface area contributed by atoms with Gasteiger partial charge in [-0.25, -0.2) is 4.98 Å². The number of anilines is 1. The third-order valence-corrected chi connectivity index (χ3v) is 7.21. The first kappa shape index (κ1) is 29.2. The first-order valence-corrected chi connectivity index (χ1v) is 13.2. The van der Waals surface area contributed by atoms with Crippen molar-refractivity contribution in [2.75, 3.05) is 26.0 Å². The van der Waals surface area contributed by atoms with Gasteiger partial charge in [-0.2, -0.15) is 0 Å². The molecule has 1 heterocycles. The molecule has 1 N–H and O–H groups in total. The average molecular weight is 561 g/mol. The fourth-order valence-electron chi connectivity index (χ4n) is 5.75. The number of imidazole rings is 1. The van der Waals surface area contributed by atoms with E-state index >= 15 is 0 Å². The minimum Gasteiger partial charge on any atom is -0.468 e. The standard InChI is InChI=1S/C29H35F3N4O4/c1-18-12-21(15-28(2,3)14-18)36-24-13-20(26(38)35(4)17-25(37)39-5)8-11-23(24)34-27(36)33-16-19-6-9-22(10-7-19)40-29(30,31)32/h6-11,13,18,21H,12,14-17H2,1-5H3,(H,33,34)/t18-,21+/m1/s1. The van der Waals surface area contributed by atoms with Crippen LogP contribution < -0.4 is 10.1 Å². The van der Waals surface area contributed by atoms with Crippen LogP contribution in [-0.2, 0) is 16.1 Å². The summed E-state index contributed by atoms with van der Waals surface area (Å²) in [6.45, 7) is 6.91. The van der Waals surface area contributed by atoms with Crippen LogP contribution in [0.3, 0.4) is 0 Å². The van der Waals surface area contributed by atoms with Crippen LogP contribution in [0.4, 0.5) is 19.1 Å². The molecule has 0 spiro atoms. The van der Waals surface area contributed by atoms with Gasteiger partial charge in [0.15, 0.2) is 0 Å². The van der Waals surface area contributed by atoms with E-state index in [1.54, 1.807) is 37.4 Å². The fourth-order valence-corrected chi connectivity index (χ4v) is 5.75. The van der Waals surface area contributed by atoms with Crippen LogP contribution in [0.15, 0.2) is 42.5 Å². The Kier molecular flexibility index (Phi) is 8.32. The van der Waals surface area contributed by atoms with E-state index in [0.717, 1.165) is 30.3 Å². The number of nitrogens with zero attached hydrogens (tertiary/aromatic N) is 3. The van der Waals surface area contributed by atoms with Gasteiger partial charge in [-0.1, -0.05) is 32.9 Å². The van der Waals surface area contributed by atoms with Crippen LogP contribution >= 0.6 is 0 Å². The Hall–Kier alpha value is -3.76. The number of fused-ring (bicyclic) bond motifs is 1. The highest BCUT2D eigenvalue weighted by Gasteiger charge is 2.35. The zero-order chi connectivity index (χ0) is 29.2. The Bertz CT molecular complexity index is 1370. The molecule has 0 saturated heterocycles. The van der Waals surface area contributed by atoms with Gasteiger partial charge in [-0.05, 0) is 66.5 Å². The van der Waals surface area contributed by atoms with E-state index in [2.05, 4.69) is 40.1 Å². The van der Waals surface area contributed by atoms with Crippen LogP contribution in [0.25, 0.3) is 11.0 Å². The highest BCUT2D eigenvalue weighted by molar-refractivity contribution is 5.99. The molecule has 0 bridgehead atoms. The number of halogens is 3. The zero-order valence-corrected chi connectivity index (χ0v) is 23.3. The zero-order valence-electron chi connectivity index (χ0n) is 23.3. The van der Waals surface area contributed by atoms with Crippen molar-refractivity contribution < 1.29 is 32.2 Å². The SMILES string of the molecule is COC(=O)CN(C)C(=O)c1ccc2nc(NCc3ccc(OC(F)(F)F)cc3)n([C@H]3C[C@@H](C)CC(C)(C)C3)c2c1. The van der Waals surface area contributed by atoms with Gasteiger partial charge >= 0.3 is 12.3 Å². The van der Waals surface area contributed by atoms with E-state index in [4.69, 9.17) is 4.98 Å². The Morgan fingerprint density at radius 3 is 2.48 bits per heavy atom. The first-order valence-electron chi connectivity index (χ1n) is 13.2. The molecule has 2 aromatic carbocycles. The average Bonchev–Trinajstić information content (AvgIpc) is 3.23. The molecule has 1 saturated carbocycles. The predicted octanol–water partition coefficient (Wildman–Crippen LogP) is 6.18. The van der Waals surface area contributed by atoms with Gasteiger partial charge in [0.05, 0.1) is 18.1 Å². The van der Waals surface area contributed by atoms with E-state index in [0.29, 0.717) is 29.5 Å².